The molecule has 2 bridgehead atoms. The van der Waals surface area contributed by atoms with Gasteiger partial charge in [-0.15, -0.1) is 11.8 Å². The molecule has 0 spiro atoms. The minimum Gasteiger partial charge on any atom is -0.461 e. The van der Waals surface area contributed by atoms with E-state index in [4.69, 9.17) is 9.47 Å². The largest absolute Gasteiger partial charge is 0.461 e. The predicted octanol–water partition coefficient (Wildman–Crippen LogP) is 3.58. The second-order valence-corrected chi connectivity index (χ2v) is 9.41. The minimum atomic E-state index is -0.0347. The maximum atomic E-state index is 12.6. The predicted molar refractivity (Wildman–Crippen MR) is 102 cm³/mol. The number of rotatable bonds is 4. The summed E-state index contributed by atoms with van der Waals surface area (Å²) >= 11 is 2.07. The summed E-state index contributed by atoms with van der Waals surface area (Å²) in [6, 6.07) is 8.83. The number of thioether (sulfide) groups is 1. The van der Waals surface area contributed by atoms with Crippen LogP contribution in [0, 0.1) is 11.8 Å². The van der Waals surface area contributed by atoms with E-state index in [9.17, 15) is 4.79 Å². The van der Waals surface area contributed by atoms with Gasteiger partial charge < -0.3 is 9.47 Å². The number of benzene rings is 1. The molecule has 6 atom stereocenters. The second-order valence-electron chi connectivity index (χ2n) is 8.12. The molecule has 4 aliphatic rings. The number of likely N-dealkylation sites (tertiary alicyclic amines) is 1. The number of fused-ring (bicyclic) bond motifs is 8. The molecule has 5 rings (SSSR count). The quantitative estimate of drug-likeness (QED) is 0.755. The van der Waals surface area contributed by atoms with Gasteiger partial charge in [-0.25, -0.2) is 0 Å². The summed E-state index contributed by atoms with van der Waals surface area (Å²) in [7, 11) is 1.84. The maximum Gasteiger partial charge on any atom is 0.320 e. The number of carbonyl (C=O) groups is 1. The molecule has 3 heterocycles. The van der Waals surface area contributed by atoms with Crippen LogP contribution in [0.15, 0.2) is 24.3 Å². The number of carbonyl (C=O) groups excluding carboxylic acids is 1. The molecule has 1 aliphatic carbocycles. The van der Waals surface area contributed by atoms with Gasteiger partial charge in [-0.2, -0.15) is 0 Å². The first-order valence-corrected chi connectivity index (χ1v) is 10.9. The van der Waals surface area contributed by atoms with E-state index in [1.807, 2.05) is 7.11 Å². The van der Waals surface area contributed by atoms with Crippen LogP contribution in [0.2, 0.25) is 0 Å². The summed E-state index contributed by atoms with van der Waals surface area (Å²) in [5.41, 5.74) is 2.94. The molecule has 1 saturated carbocycles. The summed E-state index contributed by atoms with van der Waals surface area (Å²) in [6.45, 7) is 2.52. The SMILES string of the molecule is CO[C@H]1CC[C@@H](OC(=O)CN2CCCC2)C2C1[C@H]1S[C@@H]2c2ccccc21. The molecular weight excluding hydrogens is 346 g/mol. The minimum absolute atomic E-state index is 0.0347. The molecule has 0 amide bonds. The van der Waals surface area contributed by atoms with Crippen molar-refractivity contribution in [2.75, 3.05) is 26.7 Å². The Morgan fingerprint density at radius 1 is 1.08 bits per heavy atom. The molecule has 0 radical (unpaired) electrons. The van der Waals surface area contributed by atoms with Crippen LogP contribution in [0.25, 0.3) is 0 Å². The lowest BCUT2D eigenvalue weighted by molar-refractivity contribution is -0.160. The first-order valence-electron chi connectivity index (χ1n) is 9.95. The van der Waals surface area contributed by atoms with Gasteiger partial charge in [0.15, 0.2) is 0 Å². The summed E-state index contributed by atoms with van der Waals surface area (Å²) in [5.74, 6) is 0.817. The van der Waals surface area contributed by atoms with E-state index in [1.165, 1.54) is 24.0 Å². The number of ether oxygens (including phenoxy) is 2. The Kier molecular flexibility index (Phi) is 4.50. The molecule has 2 unspecified atom stereocenters. The van der Waals surface area contributed by atoms with Gasteiger partial charge in [0.2, 0.25) is 0 Å². The lowest BCUT2D eigenvalue weighted by Gasteiger charge is -2.44. The van der Waals surface area contributed by atoms with Crippen molar-refractivity contribution in [3.8, 4) is 0 Å². The van der Waals surface area contributed by atoms with E-state index in [1.54, 1.807) is 0 Å². The van der Waals surface area contributed by atoms with Gasteiger partial charge in [0.1, 0.15) is 6.10 Å². The van der Waals surface area contributed by atoms with Crippen LogP contribution in [0.1, 0.15) is 47.3 Å². The molecule has 0 aromatic heterocycles. The third-order valence-electron chi connectivity index (χ3n) is 6.78. The van der Waals surface area contributed by atoms with Crippen LogP contribution in [0.5, 0.6) is 0 Å². The monoisotopic (exact) mass is 373 g/mol. The number of hydrogen-bond acceptors (Lipinski definition) is 5. The van der Waals surface area contributed by atoms with Gasteiger partial charge >= 0.3 is 5.97 Å². The Morgan fingerprint density at radius 3 is 2.35 bits per heavy atom. The van der Waals surface area contributed by atoms with Crippen molar-refractivity contribution in [3.63, 3.8) is 0 Å². The van der Waals surface area contributed by atoms with Gasteiger partial charge in [0.25, 0.3) is 0 Å². The zero-order valence-electron chi connectivity index (χ0n) is 15.3. The summed E-state index contributed by atoms with van der Waals surface area (Å²) in [6.07, 6.45) is 4.65. The van der Waals surface area contributed by atoms with Crippen molar-refractivity contribution in [2.24, 2.45) is 11.8 Å². The van der Waals surface area contributed by atoms with E-state index in [0.29, 0.717) is 28.9 Å². The highest BCUT2D eigenvalue weighted by molar-refractivity contribution is 8.00. The first kappa shape index (κ1) is 17.1. The Labute approximate surface area is 159 Å². The van der Waals surface area contributed by atoms with Gasteiger partial charge in [0, 0.05) is 29.4 Å². The average molecular weight is 374 g/mol. The summed E-state index contributed by atoms with van der Waals surface area (Å²) in [4.78, 5) is 14.8. The molecule has 1 aromatic rings. The zero-order valence-corrected chi connectivity index (χ0v) is 16.1. The number of nitrogens with zero attached hydrogens (tertiary/aromatic N) is 1. The van der Waals surface area contributed by atoms with Crippen LogP contribution in [0.3, 0.4) is 0 Å². The lowest BCUT2D eigenvalue weighted by Crippen LogP contribution is -2.46. The normalized spacial score (nSPS) is 38.2. The molecule has 140 valence electrons. The number of esters is 1. The van der Waals surface area contributed by atoms with E-state index >= 15 is 0 Å². The third kappa shape index (κ3) is 2.71. The van der Waals surface area contributed by atoms with Crippen LogP contribution in [-0.4, -0.2) is 49.8 Å². The van der Waals surface area contributed by atoms with Gasteiger partial charge in [0.05, 0.1) is 12.6 Å². The highest BCUT2D eigenvalue weighted by atomic mass is 32.2. The fraction of sp³-hybridized carbons (Fsp3) is 0.667. The molecule has 26 heavy (non-hydrogen) atoms. The van der Waals surface area contributed by atoms with Gasteiger partial charge in [-0.1, -0.05) is 24.3 Å². The maximum absolute atomic E-state index is 12.6. The molecule has 1 aromatic carbocycles. The standard InChI is InChI=1S/C21H27NO3S/c1-24-15-8-9-16(25-17(23)12-22-10-4-5-11-22)19-18(15)20-13-6-2-3-7-14(13)21(19)26-20/h2-3,6-7,15-16,18-21H,4-5,8-12H2,1H3/t15-,16+,18?,19?,20-,21+/m0/s1. The fourth-order valence-corrected chi connectivity index (χ4v) is 7.79. The topological polar surface area (TPSA) is 38.8 Å². The highest BCUT2D eigenvalue weighted by Gasteiger charge is 2.59. The van der Waals surface area contributed by atoms with Crippen LogP contribution >= 0.6 is 11.8 Å². The molecular formula is C21H27NO3S. The molecule has 4 nitrogen and oxygen atoms in total. The lowest BCUT2D eigenvalue weighted by atomic mass is 9.66. The zero-order chi connectivity index (χ0) is 17.7. The molecule has 0 N–H and O–H groups in total. The summed E-state index contributed by atoms with van der Waals surface area (Å²) in [5, 5.41) is 0.940. The number of hydrogen-bond donors (Lipinski definition) is 0. The van der Waals surface area contributed by atoms with Crippen molar-refractivity contribution in [2.45, 2.75) is 48.4 Å². The molecule has 5 heteroatoms. The molecule has 3 fully saturated rings. The van der Waals surface area contributed by atoms with Crippen LogP contribution in [0.4, 0.5) is 0 Å². The van der Waals surface area contributed by atoms with E-state index in [0.717, 1.165) is 25.9 Å². The first-order chi connectivity index (χ1) is 12.8. The molecule has 2 saturated heterocycles. The second kappa shape index (κ2) is 6.84. The van der Waals surface area contributed by atoms with Crippen molar-refractivity contribution >= 4 is 17.7 Å². The Morgan fingerprint density at radius 2 is 1.69 bits per heavy atom. The van der Waals surface area contributed by atoms with Crippen molar-refractivity contribution in [1.82, 2.24) is 4.90 Å². The van der Waals surface area contributed by atoms with Crippen molar-refractivity contribution in [1.29, 1.82) is 0 Å². The number of methoxy groups -OCH3 is 1. The highest BCUT2D eigenvalue weighted by Crippen LogP contribution is 2.70. The van der Waals surface area contributed by atoms with Crippen LogP contribution < -0.4 is 0 Å². The Bertz CT molecular complexity index is 690. The van der Waals surface area contributed by atoms with Crippen LogP contribution in [-0.2, 0) is 14.3 Å². The molecule has 3 aliphatic heterocycles. The van der Waals surface area contributed by atoms with E-state index in [-0.39, 0.29) is 18.2 Å². The Balaban J connectivity index is 1.36. The van der Waals surface area contributed by atoms with E-state index < -0.39 is 0 Å². The third-order valence-corrected chi connectivity index (χ3v) is 8.50. The van der Waals surface area contributed by atoms with Gasteiger partial charge in [-0.05, 0) is 49.9 Å². The Hall–Kier alpha value is -1.04. The fourth-order valence-electron chi connectivity index (χ4n) is 5.67. The average Bonchev–Trinajstić information content (AvgIpc) is 3.38. The van der Waals surface area contributed by atoms with Crippen molar-refractivity contribution < 1.29 is 14.3 Å². The smallest absolute Gasteiger partial charge is 0.320 e. The van der Waals surface area contributed by atoms with Crippen molar-refractivity contribution in [3.05, 3.63) is 35.4 Å². The summed E-state index contributed by atoms with van der Waals surface area (Å²) < 4.78 is 11.9. The van der Waals surface area contributed by atoms with Gasteiger partial charge in [-0.3, -0.25) is 9.69 Å². The van der Waals surface area contributed by atoms with E-state index in [2.05, 4.69) is 40.9 Å².